The fourth-order valence-corrected chi connectivity index (χ4v) is 2.58. The largest absolute Gasteiger partial charge is 0.519 e. The summed E-state index contributed by atoms with van der Waals surface area (Å²) in [4.78, 5) is 0. The summed E-state index contributed by atoms with van der Waals surface area (Å²) in [6.07, 6.45) is 24.4. The molecule has 20 heavy (non-hydrogen) atoms. The predicted molar refractivity (Wildman–Crippen MR) is 87.3 cm³/mol. The van der Waals surface area contributed by atoms with Gasteiger partial charge < -0.3 is 11.6 Å². The first-order valence-corrected chi connectivity index (χ1v) is 8.81. The molecule has 0 unspecified atom stereocenters. The monoisotopic (exact) mass is 504 g/mol. The van der Waals surface area contributed by atoms with E-state index in [1.165, 1.54) is 96.3 Å². The minimum absolute atomic E-state index is 0. The van der Waals surface area contributed by atoms with Crippen LogP contribution in [0, 0.1) is 36.5 Å². The van der Waals surface area contributed by atoms with Gasteiger partial charge in [0.05, 0.1) is 0 Å². The Morgan fingerprint density at radius 3 is 1.15 bits per heavy atom. The van der Waals surface area contributed by atoms with E-state index in [2.05, 4.69) is 13.1 Å². The van der Waals surface area contributed by atoms with Crippen LogP contribution in [0.3, 0.4) is 0 Å². The molecular weight excluding hydrogens is 468 g/mol. The van der Waals surface area contributed by atoms with Crippen molar-refractivity contribution in [2.45, 2.75) is 110 Å². The molecule has 0 aliphatic rings. The van der Waals surface area contributed by atoms with Crippen LogP contribution in [-0.2, 0) is 0 Å². The molecule has 0 rings (SSSR count). The van der Waals surface area contributed by atoms with E-state index in [1.807, 2.05) is 0 Å². The van der Waals surface area contributed by atoms with E-state index in [0.29, 0.717) is 0 Å². The molecule has 0 radical (unpaired) electrons. The van der Waals surface area contributed by atoms with Gasteiger partial charge in [-0.3, -0.25) is 0 Å². The fraction of sp³-hybridized carbons (Fsp3) is 0.944. The van der Waals surface area contributed by atoms with Gasteiger partial charge in [0.2, 0.25) is 0 Å². The van der Waals surface area contributed by atoms with Crippen molar-refractivity contribution in [2.75, 3.05) is 0 Å². The summed E-state index contributed by atoms with van der Waals surface area (Å²) in [5, 5.41) is 6.83. The zero-order valence-corrected chi connectivity index (χ0v) is 18.0. The molecule has 0 aromatic carbocycles. The first-order chi connectivity index (χ1) is 9.41. The maximum absolute atomic E-state index is 6.83. The Bertz CT molecular complexity index is 171. The number of rotatable bonds is 16. The van der Waals surface area contributed by atoms with Gasteiger partial charge in [0.25, 0.3) is 0 Å². The Morgan fingerprint density at radius 2 is 0.850 bits per heavy atom. The van der Waals surface area contributed by atoms with E-state index in [0.717, 1.165) is 6.42 Å². The summed E-state index contributed by atoms with van der Waals surface area (Å²) < 4.78 is 0. The number of hydrogen-bond donors (Lipinski definition) is 1. The average molecular weight is 505 g/mol. The van der Waals surface area contributed by atoms with Crippen LogP contribution in [0.1, 0.15) is 110 Å². The third kappa shape index (κ3) is 21.0. The second kappa shape index (κ2) is 22.0. The molecule has 0 aromatic heterocycles. The van der Waals surface area contributed by atoms with E-state index in [-0.39, 0.29) is 31.1 Å². The van der Waals surface area contributed by atoms with Gasteiger partial charge in [-0.05, 0) is 0 Å². The second-order valence-electron chi connectivity index (χ2n) is 5.88. The topological polar surface area (TPSA) is 23.9 Å². The van der Waals surface area contributed by atoms with Crippen LogP contribution in [0.25, 0.3) is 0 Å². The van der Waals surface area contributed by atoms with Gasteiger partial charge in [-0.2, -0.15) is 6.42 Å². The predicted octanol–water partition coefficient (Wildman–Crippen LogP) is 6.77. The molecule has 0 bridgehead atoms. The van der Waals surface area contributed by atoms with Crippen molar-refractivity contribution in [1.82, 2.24) is 0 Å². The standard InChI is InChI=1S/C18H36N.U/c1-2-3-4-5-6-7-8-9-10-11-12-13-14-15-16-17-18-19;/h19H,2-17H2,1H3;/q-1;. The van der Waals surface area contributed by atoms with Crippen molar-refractivity contribution in [3.63, 3.8) is 0 Å². The van der Waals surface area contributed by atoms with Crippen molar-refractivity contribution < 1.29 is 31.1 Å². The third-order valence-corrected chi connectivity index (χ3v) is 3.91. The molecule has 0 saturated carbocycles. The quantitative estimate of drug-likeness (QED) is 0.136. The summed E-state index contributed by atoms with van der Waals surface area (Å²) >= 11 is 0. The Morgan fingerprint density at radius 1 is 0.550 bits per heavy atom. The number of hydrogen-bond acceptors (Lipinski definition) is 1. The Hall–Kier alpha value is 0.722. The molecule has 1 nitrogen and oxygen atoms in total. The first kappa shape index (κ1) is 23.0. The van der Waals surface area contributed by atoms with Crippen LogP contribution >= 0.6 is 0 Å². The van der Waals surface area contributed by atoms with Crippen LogP contribution in [0.4, 0.5) is 0 Å². The normalized spacial score (nSPS) is 10.2. The fourth-order valence-electron chi connectivity index (χ4n) is 2.58. The maximum Gasteiger partial charge on any atom is 0 e. The van der Waals surface area contributed by atoms with E-state index in [4.69, 9.17) is 5.41 Å². The third-order valence-electron chi connectivity index (χ3n) is 3.91. The van der Waals surface area contributed by atoms with Crippen LogP contribution < -0.4 is 0 Å². The molecule has 1 N–H and O–H groups in total. The van der Waals surface area contributed by atoms with Crippen LogP contribution in [-0.4, -0.2) is 6.21 Å². The van der Waals surface area contributed by atoms with Crippen molar-refractivity contribution >= 4 is 6.21 Å². The summed E-state index contributed by atoms with van der Waals surface area (Å²) in [6.45, 7) is 2.28. The van der Waals surface area contributed by atoms with E-state index >= 15 is 0 Å². The minimum atomic E-state index is 0. The summed E-state index contributed by atoms with van der Waals surface area (Å²) in [6, 6.07) is 0. The smallest absolute Gasteiger partial charge is 0 e. The van der Waals surface area contributed by atoms with Gasteiger partial charge in [0.1, 0.15) is 0 Å². The minimum Gasteiger partial charge on any atom is -0.519 e. The van der Waals surface area contributed by atoms with E-state index in [1.54, 1.807) is 0 Å². The van der Waals surface area contributed by atoms with Crippen LogP contribution in [0.15, 0.2) is 0 Å². The Labute approximate surface area is 152 Å². The van der Waals surface area contributed by atoms with Gasteiger partial charge in [-0.1, -0.05) is 103 Å². The van der Waals surface area contributed by atoms with Crippen LogP contribution in [0.2, 0.25) is 0 Å². The molecule has 0 heterocycles. The van der Waals surface area contributed by atoms with Gasteiger partial charge >= 0.3 is 0 Å². The number of nitrogens with one attached hydrogen (secondary N) is 1. The van der Waals surface area contributed by atoms with Gasteiger partial charge in [-0.25, -0.2) is 0 Å². The molecule has 0 amide bonds. The molecule has 0 aromatic rings. The molecule has 0 fully saturated rings. The van der Waals surface area contributed by atoms with E-state index < -0.39 is 0 Å². The number of unbranched alkanes of at least 4 members (excludes halogenated alkanes) is 15. The van der Waals surface area contributed by atoms with Gasteiger partial charge in [-0.15, -0.1) is 0 Å². The molecule has 0 spiro atoms. The van der Waals surface area contributed by atoms with Crippen molar-refractivity contribution in [2.24, 2.45) is 0 Å². The average Bonchev–Trinajstić information content (AvgIpc) is 2.43. The van der Waals surface area contributed by atoms with Crippen molar-refractivity contribution in [1.29, 1.82) is 5.41 Å². The molecule has 0 atom stereocenters. The summed E-state index contributed by atoms with van der Waals surface area (Å²) in [5.41, 5.74) is 0. The molecule has 2 heteroatoms. The molecule has 0 aliphatic carbocycles. The Balaban J connectivity index is 0. The van der Waals surface area contributed by atoms with Gasteiger partial charge in [0, 0.05) is 31.1 Å². The first-order valence-electron chi connectivity index (χ1n) is 8.81. The SMILES string of the molecule is CCCCCCCCCCCCCCCCC[C-]=N.[U]. The zero-order chi connectivity index (χ0) is 14.0. The van der Waals surface area contributed by atoms with Crippen LogP contribution in [0.5, 0.6) is 0 Å². The molecular formula is C18H36NU-. The zero-order valence-electron chi connectivity index (χ0n) is 13.8. The molecule has 0 saturated heterocycles. The summed E-state index contributed by atoms with van der Waals surface area (Å²) in [5.74, 6) is 0. The molecule has 0 aliphatic heterocycles. The summed E-state index contributed by atoms with van der Waals surface area (Å²) in [7, 11) is 0. The van der Waals surface area contributed by atoms with Crippen molar-refractivity contribution in [3.05, 3.63) is 0 Å². The van der Waals surface area contributed by atoms with E-state index in [9.17, 15) is 0 Å². The second-order valence-corrected chi connectivity index (χ2v) is 5.88. The van der Waals surface area contributed by atoms with Gasteiger partial charge in [0.15, 0.2) is 0 Å². The molecule has 118 valence electrons. The maximum atomic E-state index is 6.83. The Kier molecular flexibility index (Phi) is 25.3. The van der Waals surface area contributed by atoms with Crippen molar-refractivity contribution in [3.8, 4) is 0 Å².